The average molecular weight is 381 g/mol. The first-order chi connectivity index (χ1) is 12.4. The Morgan fingerprint density at radius 1 is 1.23 bits per heavy atom. The molecule has 0 unspecified atom stereocenters. The normalized spacial score (nSPS) is 11.2. The van der Waals surface area contributed by atoms with Crippen molar-refractivity contribution in [2.75, 3.05) is 20.3 Å². The number of aromatic nitrogens is 2. The first-order valence-electron chi connectivity index (χ1n) is 7.72. The highest BCUT2D eigenvalue weighted by Crippen LogP contribution is 2.18. The third-order valence-electron chi connectivity index (χ3n) is 3.35. The van der Waals surface area contributed by atoms with E-state index in [2.05, 4.69) is 14.6 Å². The highest BCUT2D eigenvalue weighted by Gasteiger charge is 2.29. The fraction of sp³-hybridized carbons (Fsp3) is 0.312. The van der Waals surface area contributed by atoms with E-state index in [0.29, 0.717) is 0 Å². The summed E-state index contributed by atoms with van der Waals surface area (Å²) in [6.07, 6.45) is 1.13. The van der Waals surface area contributed by atoms with E-state index >= 15 is 0 Å². The molecule has 2 aromatic rings. The van der Waals surface area contributed by atoms with Crippen LogP contribution in [0.5, 0.6) is 0 Å². The summed E-state index contributed by atoms with van der Waals surface area (Å²) in [5.41, 5.74) is 0.579. The number of rotatable bonds is 8. The Bertz CT molecular complexity index is 877. The zero-order valence-corrected chi connectivity index (χ0v) is 15.2. The predicted molar refractivity (Wildman–Crippen MR) is 90.9 cm³/mol. The first kappa shape index (κ1) is 19.6. The van der Waals surface area contributed by atoms with Crippen molar-refractivity contribution in [2.45, 2.75) is 18.5 Å². The summed E-state index contributed by atoms with van der Waals surface area (Å²) in [6.45, 7) is 1.24. The molecule has 1 N–H and O–H groups in total. The van der Waals surface area contributed by atoms with E-state index in [9.17, 15) is 18.0 Å². The van der Waals surface area contributed by atoms with E-state index in [0.717, 1.165) is 18.9 Å². The summed E-state index contributed by atoms with van der Waals surface area (Å²) >= 11 is 0. The van der Waals surface area contributed by atoms with E-state index in [-0.39, 0.29) is 23.7 Å². The molecule has 2 rings (SSSR count). The molecule has 0 aliphatic rings. The number of sulfonamides is 1. The minimum Gasteiger partial charge on any atom is -0.468 e. The summed E-state index contributed by atoms with van der Waals surface area (Å²) in [5, 5.41) is 3.64. The quantitative estimate of drug-likeness (QED) is 0.664. The van der Waals surface area contributed by atoms with Crippen molar-refractivity contribution in [3.63, 3.8) is 0 Å². The van der Waals surface area contributed by atoms with Gasteiger partial charge >= 0.3 is 11.9 Å². The number of ether oxygens (including phenoxy) is 2. The van der Waals surface area contributed by atoms with Gasteiger partial charge in [-0.1, -0.05) is 30.3 Å². The van der Waals surface area contributed by atoms with E-state index in [1.54, 1.807) is 31.2 Å². The number of methoxy groups -OCH3 is 1. The molecule has 9 nitrogen and oxygen atoms in total. The third kappa shape index (κ3) is 4.67. The van der Waals surface area contributed by atoms with Crippen molar-refractivity contribution in [3.8, 4) is 0 Å². The van der Waals surface area contributed by atoms with Crippen LogP contribution in [0.15, 0.2) is 41.6 Å². The van der Waals surface area contributed by atoms with E-state index in [1.165, 1.54) is 4.68 Å². The average Bonchev–Trinajstić information content (AvgIpc) is 3.05. The molecule has 1 aromatic heterocycles. The van der Waals surface area contributed by atoms with Crippen molar-refractivity contribution in [1.82, 2.24) is 14.5 Å². The van der Waals surface area contributed by atoms with Gasteiger partial charge in [-0.05, 0) is 12.5 Å². The topological polar surface area (TPSA) is 117 Å². The highest BCUT2D eigenvalue weighted by molar-refractivity contribution is 7.89. The lowest BCUT2D eigenvalue weighted by atomic mass is 10.2. The molecular formula is C16H19N3O6S. The van der Waals surface area contributed by atoms with Gasteiger partial charge in [0.1, 0.15) is 12.1 Å². The summed E-state index contributed by atoms with van der Waals surface area (Å²) in [7, 11) is -3.08. The number of hydrogen-bond acceptors (Lipinski definition) is 7. The summed E-state index contributed by atoms with van der Waals surface area (Å²) in [4.78, 5) is 23.4. The van der Waals surface area contributed by atoms with Crippen molar-refractivity contribution < 1.29 is 27.5 Å². The molecule has 0 saturated heterocycles. The van der Waals surface area contributed by atoms with Gasteiger partial charge in [0, 0.05) is 0 Å². The summed E-state index contributed by atoms with van der Waals surface area (Å²) in [6, 6.07) is 9.02. The van der Waals surface area contributed by atoms with Crippen LogP contribution >= 0.6 is 0 Å². The number of esters is 2. The Hall–Kier alpha value is -2.72. The smallest absolute Gasteiger partial charge is 0.342 e. The van der Waals surface area contributed by atoms with Gasteiger partial charge in [-0.2, -0.15) is 9.82 Å². The first-order valence-corrected chi connectivity index (χ1v) is 9.20. The largest absolute Gasteiger partial charge is 0.468 e. The lowest BCUT2D eigenvalue weighted by Gasteiger charge is -2.11. The van der Waals surface area contributed by atoms with Gasteiger partial charge in [0.2, 0.25) is 0 Å². The Balaban J connectivity index is 2.43. The molecule has 10 heteroatoms. The van der Waals surface area contributed by atoms with Crippen molar-refractivity contribution in [2.24, 2.45) is 0 Å². The van der Waals surface area contributed by atoms with E-state index in [4.69, 9.17) is 4.74 Å². The Morgan fingerprint density at radius 3 is 2.54 bits per heavy atom. The molecule has 0 aliphatic carbocycles. The molecule has 0 atom stereocenters. The maximum Gasteiger partial charge on any atom is 0.342 e. The molecule has 140 valence electrons. The SMILES string of the molecule is CCOC(=O)c1cnn(Cc2ccccc2)c1S(=O)(=O)NCC(=O)OC. The van der Waals surface area contributed by atoms with Gasteiger partial charge in [-0.25, -0.2) is 17.9 Å². The second-order valence-electron chi connectivity index (χ2n) is 5.13. The van der Waals surface area contributed by atoms with Crippen LogP contribution in [0.25, 0.3) is 0 Å². The van der Waals surface area contributed by atoms with Crippen LogP contribution in [0, 0.1) is 0 Å². The summed E-state index contributed by atoms with van der Waals surface area (Å²) in [5.74, 6) is -1.58. The molecule has 0 aliphatic heterocycles. The van der Waals surface area contributed by atoms with Crippen LogP contribution < -0.4 is 4.72 Å². The minimum absolute atomic E-state index is 0.0811. The maximum atomic E-state index is 12.7. The zero-order valence-electron chi connectivity index (χ0n) is 14.3. The van der Waals surface area contributed by atoms with E-state index in [1.807, 2.05) is 6.07 Å². The Labute approximate surface area is 151 Å². The number of carbonyl (C=O) groups excluding carboxylic acids is 2. The second-order valence-corrected chi connectivity index (χ2v) is 6.81. The highest BCUT2D eigenvalue weighted by atomic mass is 32.2. The number of hydrogen-bond donors (Lipinski definition) is 1. The molecular weight excluding hydrogens is 362 g/mol. The molecule has 26 heavy (non-hydrogen) atoms. The maximum absolute atomic E-state index is 12.7. The van der Waals surface area contributed by atoms with Crippen molar-refractivity contribution >= 4 is 22.0 Å². The lowest BCUT2D eigenvalue weighted by Crippen LogP contribution is -2.33. The standard InChI is InChI=1S/C16H19N3O6S/c1-3-25-16(21)13-9-17-19(11-12-7-5-4-6-8-12)15(13)26(22,23)18-10-14(20)24-2/h4-9,18H,3,10-11H2,1-2H3. The van der Waals surface area contributed by atoms with Crippen LogP contribution in [0.1, 0.15) is 22.8 Å². The molecule has 0 fully saturated rings. The van der Waals surface area contributed by atoms with Gasteiger partial charge in [-0.3, -0.25) is 4.79 Å². The summed E-state index contributed by atoms with van der Waals surface area (Å²) < 4.78 is 37.9. The molecule has 0 radical (unpaired) electrons. The van der Waals surface area contributed by atoms with Crippen LogP contribution in [-0.2, 0) is 30.8 Å². The number of benzene rings is 1. The predicted octanol–water partition coefficient (Wildman–Crippen LogP) is 0.559. The molecule has 0 saturated carbocycles. The van der Waals surface area contributed by atoms with Crippen molar-refractivity contribution in [3.05, 3.63) is 47.7 Å². The van der Waals surface area contributed by atoms with Gasteiger partial charge in [0.25, 0.3) is 10.0 Å². The Kier molecular flexibility index (Phi) is 6.47. The van der Waals surface area contributed by atoms with Crippen LogP contribution in [0.4, 0.5) is 0 Å². The Morgan fingerprint density at radius 2 is 1.92 bits per heavy atom. The minimum atomic E-state index is -4.22. The zero-order chi connectivity index (χ0) is 19.2. The van der Waals surface area contributed by atoms with Gasteiger partial charge in [0.15, 0.2) is 5.03 Å². The monoisotopic (exact) mass is 381 g/mol. The van der Waals surface area contributed by atoms with Gasteiger partial charge < -0.3 is 9.47 Å². The third-order valence-corrected chi connectivity index (χ3v) is 4.81. The van der Waals surface area contributed by atoms with Crippen LogP contribution in [0.2, 0.25) is 0 Å². The second kappa shape index (κ2) is 8.59. The van der Waals surface area contributed by atoms with Crippen molar-refractivity contribution in [1.29, 1.82) is 0 Å². The van der Waals surface area contributed by atoms with Crippen LogP contribution in [-0.4, -0.2) is 50.4 Å². The van der Waals surface area contributed by atoms with Gasteiger partial charge in [0.05, 0.1) is 26.5 Å². The van der Waals surface area contributed by atoms with Crippen LogP contribution in [0.3, 0.4) is 0 Å². The molecule has 0 bridgehead atoms. The van der Waals surface area contributed by atoms with Gasteiger partial charge in [-0.15, -0.1) is 0 Å². The molecule has 1 aromatic carbocycles. The lowest BCUT2D eigenvalue weighted by molar-refractivity contribution is -0.139. The molecule has 0 amide bonds. The number of nitrogens with zero attached hydrogens (tertiary/aromatic N) is 2. The number of carbonyl (C=O) groups is 2. The fourth-order valence-electron chi connectivity index (χ4n) is 2.17. The van der Waals surface area contributed by atoms with E-state index < -0.39 is 28.5 Å². The fourth-order valence-corrected chi connectivity index (χ4v) is 3.43. The number of nitrogens with one attached hydrogen (secondary N) is 1. The molecule has 1 heterocycles. The molecule has 0 spiro atoms.